The van der Waals surface area contributed by atoms with E-state index in [1.54, 1.807) is 7.11 Å². The zero-order chi connectivity index (χ0) is 15.7. The normalized spacial score (nSPS) is 20.6. The Morgan fingerprint density at radius 1 is 1.36 bits per heavy atom. The van der Waals surface area contributed by atoms with Crippen LogP contribution in [0, 0.1) is 5.92 Å². The highest BCUT2D eigenvalue weighted by atomic mass is 32.1. The molecule has 1 aliphatic carbocycles. The van der Waals surface area contributed by atoms with Gasteiger partial charge in [-0.25, -0.2) is 4.79 Å². The van der Waals surface area contributed by atoms with Crippen LogP contribution in [-0.4, -0.2) is 30.2 Å². The number of carbonyl (C=O) groups is 2. The summed E-state index contributed by atoms with van der Waals surface area (Å²) < 4.78 is 6.09. The molecule has 3 rings (SSSR count). The molecule has 1 fully saturated rings. The number of fused-ring (bicyclic) bond motifs is 1. The Balaban J connectivity index is 1.74. The van der Waals surface area contributed by atoms with E-state index in [9.17, 15) is 14.7 Å². The Labute approximate surface area is 131 Å². The average molecular weight is 319 g/mol. The molecule has 1 saturated carbocycles. The maximum Gasteiger partial charge on any atom is 0.346 e. The van der Waals surface area contributed by atoms with E-state index in [4.69, 9.17) is 4.74 Å². The summed E-state index contributed by atoms with van der Waals surface area (Å²) in [5, 5.41) is 13.1. The summed E-state index contributed by atoms with van der Waals surface area (Å²) in [6.07, 6.45) is 1.64. The number of hydrogen-bond acceptors (Lipinski definition) is 4. The van der Waals surface area contributed by atoms with Crippen molar-refractivity contribution in [3.8, 4) is 0 Å². The van der Waals surface area contributed by atoms with Crippen molar-refractivity contribution in [2.24, 2.45) is 5.92 Å². The number of thiophene rings is 1. The Kier molecular flexibility index (Phi) is 4.13. The summed E-state index contributed by atoms with van der Waals surface area (Å²) in [7, 11) is 1.65. The first-order chi connectivity index (χ1) is 10.6. The quantitative estimate of drug-likeness (QED) is 0.888. The molecule has 1 amide bonds. The molecule has 6 heteroatoms. The first kappa shape index (κ1) is 15.0. The standard InChI is InChI=1S/C16H17NO4S/c1-21-10-6-9(7-10)15(18)17-8-12-11-4-2-3-5-13(11)22-14(12)16(19)20/h2-5,9-10H,6-8H2,1H3,(H,17,18)(H,19,20). The number of amides is 1. The van der Waals surface area contributed by atoms with Crippen LogP contribution in [0.1, 0.15) is 28.1 Å². The highest BCUT2D eigenvalue weighted by Crippen LogP contribution is 2.32. The molecule has 1 aromatic heterocycles. The maximum absolute atomic E-state index is 12.1. The number of hydrogen-bond donors (Lipinski definition) is 2. The first-order valence-electron chi connectivity index (χ1n) is 7.14. The number of ether oxygens (including phenoxy) is 1. The summed E-state index contributed by atoms with van der Waals surface area (Å²) in [5.41, 5.74) is 0.684. The van der Waals surface area contributed by atoms with Gasteiger partial charge in [-0.15, -0.1) is 11.3 Å². The van der Waals surface area contributed by atoms with Gasteiger partial charge in [0.1, 0.15) is 4.88 Å². The number of benzene rings is 1. The molecule has 0 spiro atoms. The topological polar surface area (TPSA) is 75.6 Å². The highest BCUT2D eigenvalue weighted by Gasteiger charge is 2.34. The average Bonchev–Trinajstić information content (AvgIpc) is 2.83. The van der Waals surface area contributed by atoms with Gasteiger partial charge in [-0.05, 0) is 24.3 Å². The van der Waals surface area contributed by atoms with Crippen LogP contribution < -0.4 is 5.32 Å². The number of nitrogens with one attached hydrogen (secondary N) is 1. The molecule has 2 aromatic rings. The van der Waals surface area contributed by atoms with Gasteiger partial charge in [-0.3, -0.25) is 4.79 Å². The third-order valence-corrected chi connectivity index (χ3v) is 5.33. The zero-order valence-electron chi connectivity index (χ0n) is 12.2. The lowest BCUT2D eigenvalue weighted by molar-refractivity contribution is -0.132. The molecule has 116 valence electrons. The largest absolute Gasteiger partial charge is 0.477 e. The van der Waals surface area contributed by atoms with Gasteiger partial charge in [-0.1, -0.05) is 18.2 Å². The molecule has 1 aromatic carbocycles. The molecule has 5 nitrogen and oxygen atoms in total. The van der Waals surface area contributed by atoms with Crippen LogP contribution >= 0.6 is 11.3 Å². The van der Waals surface area contributed by atoms with Crippen molar-refractivity contribution in [3.63, 3.8) is 0 Å². The van der Waals surface area contributed by atoms with Crippen molar-refractivity contribution in [2.45, 2.75) is 25.5 Å². The predicted octanol–water partition coefficient (Wildman–Crippen LogP) is 2.64. The maximum atomic E-state index is 12.1. The minimum Gasteiger partial charge on any atom is -0.477 e. The molecule has 2 N–H and O–H groups in total. The number of methoxy groups -OCH3 is 1. The third kappa shape index (κ3) is 2.71. The van der Waals surface area contributed by atoms with Gasteiger partial charge in [0.05, 0.1) is 6.10 Å². The van der Waals surface area contributed by atoms with Gasteiger partial charge >= 0.3 is 5.97 Å². The van der Waals surface area contributed by atoms with Crippen LogP contribution in [0.5, 0.6) is 0 Å². The lowest BCUT2D eigenvalue weighted by Gasteiger charge is -2.32. The molecule has 1 aliphatic rings. The lowest BCUT2D eigenvalue weighted by atomic mass is 9.81. The number of rotatable bonds is 5. The molecule has 22 heavy (non-hydrogen) atoms. The smallest absolute Gasteiger partial charge is 0.346 e. The van der Waals surface area contributed by atoms with E-state index in [1.165, 1.54) is 11.3 Å². The molecule has 0 saturated heterocycles. The van der Waals surface area contributed by atoms with E-state index < -0.39 is 5.97 Å². The first-order valence-corrected chi connectivity index (χ1v) is 7.96. The zero-order valence-corrected chi connectivity index (χ0v) is 13.0. The fourth-order valence-corrected chi connectivity index (χ4v) is 3.80. The SMILES string of the molecule is COC1CC(C(=O)NCc2c(C(=O)O)sc3ccccc23)C1. The molecular formula is C16H17NO4S. The molecule has 0 radical (unpaired) electrons. The number of aromatic carboxylic acids is 1. The second-order valence-electron chi connectivity index (χ2n) is 5.45. The van der Waals surface area contributed by atoms with Crippen LogP contribution in [0.25, 0.3) is 10.1 Å². The van der Waals surface area contributed by atoms with Gasteiger partial charge in [0.25, 0.3) is 0 Å². The minimum atomic E-state index is -0.950. The summed E-state index contributed by atoms with van der Waals surface area (Å²) in [5.74, 6) is -1.00. The summed E-state index contributed by atoms with van der Waals surface area (Å²) in [6, 6.07) is 7.55. The van der Waals surface area contributed by atoms with E-state index in [2.05, 4.69) is 5.32 Å². The van der Waals surface area contributed by atoms with E-state index in [0.717, 1.165) is 22.9 Å². The molecule has 0 unspecified atom stereocenters. The van der Waals surface area contributed by atoms with Crippen molar-refractivity contribution in [1.29, 1.82) is 0 Å². The third-order valence-electron chi connectivity index (χ3n) is 4.13. The van der Waals surface area contributed by atoms with Crippen LogP contribution in [-0.2, 0) is 16.1 Å². The number of carboxylic acids is 1. The van der Waals surface area contributed by atoms with E-state index in [1.807, 2.05) is 24.3 Å². The van der Waals surface area contributed by atoms with E-state index in [-0.39, 0.29) is 24.5 Å². The number of carboxylic acid groups (broad SMARTS) is 1. The van der Waals surface area contributed by atoms with E-state index >= 15 is 0 Å². The van der Waals surface area contributed by atoms with Gasteiger partial charge in [-0.2, -0.15) is 0 Å². The van der Waals surface area contributed by atoms with Gasteiger partial charge in [0.15, 0.2) is 0 Å². The Bertz CT molecular complexity index is 718. The Hall–Kier alpha value is -1.92. The molecule has 0 aliphatic heterocycles. The fourth-order valence-electron chi connectivity index (χ4n) is 2.74. The lowest BCUT2D eigenvalue weighted by Crippen LogP contribution is -2.41. The summed E-state index contributed by atoms with van der Waals surface area (Å²) in [6.45, 7) is 0.249. The van der Waals surface area contributed by atoms with Crippen molar-refractivity contribution < 1.29 is 19.4 Å². The molecule has 0 atom stereocenters. The summed E-state index contributed by atoms with van der Waals surface area (Å²) in [4.78, 5) is 23.8. The van der Waals surface area contributed by atoms with Crippen LogP contribution in [0.3, 0.4) is 0 Å². The number of carbonyl (C=O) groups excluding carboxylic acids is 1. The van der Waals surface area contributed by atoms with Crippen molar-refractivity contribution in [1.82, 2.24) is 5.32 Å². The van der Waals surface area contributed by atoms with Crippen molar-refractivity contribution in [3.05, 3.63) is 34.7 Å². The second kappa shape index (κ2) is 6.06. The highest BCUT2D eigenvalue weighted by molar-refractivity contribution is 7.21. The molecule has 1 heterocycles. The Morgan fingerprint density at radius 3 is 2.77 bits per heavy atom. The van der Waals surface area contributed by atoms with Gasteiger partial charge in [0, 0.05) is 29.8 Å². The van der Waals surface area contributed by atoms with Gasteiger partial charge in [0.2, 0.25) is 5.91 Å². The van der Waals surface area contributed by atoms with E-state index in [0.29, 0.717) is 10.4 Å². The Morgan fingerprint density at radius 2 is 2.09 bits per heavy atom. The minimum absolute atomic E-state index is 0.0249. The van der Waals surface area contributed by atoms with Crippen molar-refractivity contribution >= 4 is 33.3 Å². The fraction of sp³-hybridized carbons (Fsp3) is 0.375. The van der Waals surface area contributed by atoms with Crippen LogP contribution in [0.2, 0.25) is 0 Å². The predicted molar refractivity (Wildman–Crippen MR) is 84.2 cm³/mol. The van der Waals surface area contributed by atoms with Crippen LogP contribution in [0.15, 0.2) is 24.3 Å². The monoisotopic (exact) mass is 319 g/mol. The molecular weight excluding hydrogens is 302 g/mol. The second-order valence-corrected chi connectivity index (χ2v) is 6.51. The van der Waals surface area contributed by atoms with Crippen molar-refractivity contribution in [2.75, 3.05) is 7.11 Å². The molecule has 0 bridgehead atoms. The van der Waals surface area contributed by atoms with Gasteiger partial charge < -0.3 is 15.2 Å². The van der Waals surface area contributed by atoms with Crippen LogP contribution in [0.4, 0.5) is 0 Å². The summed E-state index contributed by atoms with van der Waals surface area (Å²) >= 11 is 1.24.